The van der Waals surface area contributed by atoms with E-state index < -0.39 is 0 Å². The summed E-state index contributed by atoms with van der Waals surface area (Å²) >= 11 is 0. The molecule has 0 radical (unpaired) electrons. The van der Waals surface area contributed by atoms with E-state index in [0.29, 0.717) is 22.5 Å². The maximum atomic E-state index is 13.3. The van der Waals surface area contributed by atoms with Crippen molar-refractivity contribution in [1.82, 2.24) is 19.3 Å². The minimum Gasteiger partial charge on any atom is -0.502 e. The average Bonchev–Trinajstić information content (AvgIpc) is 3.34. The molecule has 0 atom stereocenters. The Morgan fingerprint density at radius 1 is 1.02 bits per heavy atom. The van der Waals surface area contributed by atoms with Crippen molar-refractivity contribution in [3.63, 3.8) is 0 Å². The number of anilines is 3. The zero-order valence-electron chi connectivity index (χ0n) is 23.1. The molecule has 3 aromatic heterocycles. The van der Waals surface area contributed by atoms with E-state index >= 15 is 0 Å². The molecule has 0 bridgehead atoms. The van der Waals surface area contributed by atoms with Crippen LogP contribution in [0.15, 0.2) is 89.9 Å². The van der Waals surface area contributed by atoms with Gasteiger partial charge in [-0.25, -0.2) is 0 Å². The zero-order valence-corrected chi connectivity index (χ0v) is 23.1. The van der Waals surface area contributed by atoms with Gasteiger partial charge in [0.25, 0.3) is 5.56 Å². The standard InChI is InChI=1S/C25H22N6O3.C5H10O/c1-30-22-7-6-18(10-17(22)12-27-30)28-21-5-3-4-16-8-9-31(25(33)24(16)21)15-23(32)29-19-11-20(34-2)14-26-13-19;1-4-5(2)6-3/h3-14,28H,15H2,1-2H3,(H,29,32);4H,1-3H3/b;5-4+. The Morgan fingerprint density at radius 2 is 1.85 bits per heavy atom. The number of allylic oxidation sites excluding steroid dienone is 2. The number of carbonyl (C=O) groups excluding carboxylic acids is 1. The summed E-state index contributed by atoms with van der Waals surface area (Å²) in [5.41, 5.74) is 2.75. The van der Waals surface area contributed by atoms with Crippen molar-refractivity contribution in [3.05, 3.63) is 95.5 Å². The highest BCUT2D eigenvalue weighted by atomic mass is 16.5. The summed E-state index contributed by atoms with van der Waals surface area (Å²) in [5.74, 6) is 1.15. The third-order valence-electron chi connectivity index (χ3n) is 6.31. The number of amides is 1. The van der Waals surface area contributed by atoms with E-state index in [9.17, 15) is 9.59 Å². The predicted octanol–water partition coefficient (Wildman–Crippen LogP) is 5.23. The molecule has 0 fully saturated rings. The van der Waals surface area contributed by atoms with E-state index in [1.54, 1.807) is 31.8 Å². The smallest absolute Gasteiger partial charge is 0.261 e. The second kappa shape index (κ2) is 12.6. The highest BCUT2D eigenvalue weighted by Gasteiger charge is 2.12. The van der Waals surface area contributed by atoms with Gasteiger partial charge in [-0.3, -0.25) is 19.3 Å². The van der Waals surface area contributed by atoms with Crippen molar-refractivity contribution >= 4 is 44.6 Å². The summed E-state index contributed by atoms with van der Waals surface area (Å²) in [7, 11) is 5.08. The van der Waals surface area contributed by atoms with Gasteiger partial charge in [-0.2, -0.15) is 5.10 Å². The molecule has 10 nitrogen and oxygen atoms in total. The SMILES string of the molecule is C/C=C(\C)OC.COc1cncc(NC(=O)Cn2ccc3cccc(Nc4ccc5c(cnn5C)c4)c3c2=O)c1. The zero-order chi connectivity index (χ0) is 28.6. The lowest BCUT2D eigenvalue weighted by atomic mass is 10.1. The maximum absolute atomic E-state index is 13.3. The number of pyridine rings is 2. The molecular weight excluding hydrogens is 508 g/mol. The van der Waals surface area contributed by atoms with E-state index in [1.165, 1.54) is 17.9 Å². The number of fused-ring (bicyclic) bond motifs is 2. The van der Waals surface area contributed by atoms with Gasteiger partial charge in [0, 0.05) is 30.4 Å². The summed E-state index contributed by atoms with van der Waals surface area (Å²) in [6.45, 7) is 3.72. The van der Waals surface area contributed by atoms with Crippen LogP contribution in [0.25, 0.3) is 21.7 Å². The number of nitrogens with zero attached hydrogens (tertiary/aromatic N) is 4. The molecule has 0 unspecified atom stereocenters. The number of methoxy groups -OCH3 is 2. The van der Waals surface area contributed by atoms with Crippen molar-refractivity contribution in [1.29, 1.82) is 0 Å². The lowest BCUT2D eigenvalue weighted by Crippen LogP contribution is -2.27. The van der Waals surface area contributed by atoms with Gasteiger partial charge >= 0.3 is 0 Å². The molecule has 0 saturated carbocycles. The van der Waals surface area contributed by atoms with Gasteiger partial charge in [-0.15, -0.1) is 0 Å². The van der Waals surface area contributed by atoms with Crippen molar-refractivity contribution in [3.8, 4) is 5.75 Å². The van der Waals surface area contributed by atoms with E-state index in [2.05, 4.69) is 20.7 Å². The molecule has 1 amide bonds. The van der Waals surface area contributed by atoms with Crippen LogP contribution in [0.2, 0.25) is 0 Å². The van der Waals surface area contributed by atoms with Crippen LogP contribution in [0.3, 0.4) is 0 Å². The quantitative estimate of drug-likeness (QED) is 0.272. The van der Waals surface area contributed by atoms with Crippen molar-refractivity contribution in [2.75, 3.05) is 24.9 Å². The Morgan fingerprint density at radius 3 is 2.58 bits per heavy atom. The molecule has 206 valence electrons. The second-order valence-electron chi connectivity index (χ2n) is 8.95. The third-order valence-corrected chi connectivity index (χ3v) is 6.31. The lowest BCUT2D eigenvalue weighted by Gasteiger charge is -2.13. The molecule has 0 aliphatic heterocycles. The first kappa shape index (κ1) is 27.9. The normalized spacial score (nSPS) is 11.1. The molecule has 3 heterocycles. The molecule has 40 heavy (non-hydrogen) atoms. The predicted molar refractivity (Wildman–Crippen MR) is 158 cm³/mol. The van der Waals surface area contributed by atoms with Gasteiger partial charge in [0.1, 0.15) is 12.3 Å². The van der Waals surface area contributed by atoms with E-state index in [-0.39, 0.29) is 18.0 Å². The number of ether oxygens (including phenoxy) is 2. The average molecular weight is 541 g/mol. The van der Waals surface area contributed by atoms with Crippen LogP contribution in [-0.2, 0) is 23.1 Å². The monoisotopic (exact) mass is 540 g/mol. The Labute approximate surface area is 231 Å². The van der Waals surface area contributed by atoms with Gasteiger partial charge in [0.15, 0.2) is 0 Å². The summed E-state index contributed by atoms with van der Waals surface area (Å²) in [5, 5.41) is 12.7. The molecule has 5 aromatic rings. The molecule has 0 spiro atoms. The lowest BCUT2D eigenvalue weighted by molar-refractivity contribution is -0.116. The number of carbonyl (C=O) groups is 1. The van der Waals surface area contributed by atoms with Crippen molar-refractivity contribution in [2.45, 2.75) is 20.4 Å². The maximum Gasteiger partial charge on any atom is 0.261 e. The number of aromatic nitrogens is 4. The number of benzene rings is 2. The second-order valence-corrected chi connectivity index (χ2v) is 8.95. The van der Waals surface area contributed by atoms with Gasteiger partial charge in [0.2, 0.25) is 5.91 Å². The molecule has 2 aromatic carbocycles. The van der Waals surface area contributed by atoms with Crippen LogP contribution in [0.5, 0.6) is 5.75 Å². The van der Waals surface area contributed by atoms with Crippen LogP contribution in [0, 0.1) is 0 Å². The summed E-state index contributed by atoms with van der Waals surface area (Å²) in [6.07, 6.45) is 8.40. The molecular formula is C30H32N6O4. The Kier molecular flexibility index (Phi) is 8.80. The van der Waals surface area contributed by atoms with E-state index in [1.807, 2.05) is 74.1 Å². The first-order valence-corrected chi connectivity index (χ1v) is 12.6. The highest BCUT2D eigenvalue weighted by Crippen LogP contribution is 2.26. The van der Waals surface area contributed by atoms with Gasteiger partial charge < -0.3 is 24.7 Å². The Hall–Kier alpha value is -5.12. The number of rotatable bonds is 7. The first-order valence-electron chi connectivity index (χ1n) is 12.6. The fourth-order valence-electron chi connectivity index (χ4n) is 4.03. The van der Waals surface area contributed by atoms with Crippen LogP contribution >= 0.6 is 0 Å². The number of nitrogens with one attached hydrogen (secondary N) is 2. The number of hydrogen-bond acceptors (Lipinski definition) is 7. The Balaban J connectivity index is 0.000000557. The largest absolute Gasteiger partial charge is 0.502 e. The van der Waals surface area contributed by atoms with Crippen LogP contribution in [-0.4, -0.2) is 39.5 Å². The molecule has 0 aliphatic carbocycles. The van der Waals surface area contributed by atoms with Crippen LogP contribution in [0.1, 0.15) is 13.8 Å². The van der Waals surface area contributed by atoms with Crippen molar-refractivity contribution < 1.29 is 14.3 Å². The minimum absolute atomic E-state index is 0.137. The van der Waals surface area contributed by atoms with Crippen LogP contribution < -0.4 is 20.9 Å². The molecule has 2 N–H and O–H groups in total. The van der Waals surface area contributed by atoms with Gasteiger partial charge in [0.05, 0.1) is 60.8 Å². The minimum atomic E-state index is -0.344. The van der Waals surface area contributed by atoms with Crippen LogP contribution in [0.4, 0.5) is 17.1 Å². The summed E-state index contributed by atoms with van der Waals surface area (Å²) < 4.78 is 13.1. The van der Waals surface area contributed by atoms with E-state index in [0.717, 1.165) is 27.7 Å². The third kappa shape index (κ3) is 6.47. The highest BCUT2D eigenvalue weighted by molar-refractivity contribution is 5.96. The topological polar surface area (TPSA) is 112 Å². The molecule has 0 aliphatic rings. The van der Waals surface area contributed by atoms with Gasteiger partial charge in [-0.05, 0) is 49.6 Å². The molecule has 10 heteroatoms. The first-order chi connectivity index (χ1) is 19.3. The van der Waals surface area contributed by atoms with E-state index in [4.69, 9.17) is 9.47 Å². The van der Waals surface area contributed by atoms with Gasteiger partial charge in [-0.1, -0.05) is 18.2 Å². The Bertz CT molecular complexity index is 1740. The molecule has 0 saturated heterocycles. The number of hydrogen-bond donors (Lipinski definition) is 2. The summed E-state index contributed by atoms with van der Waals surface area (Å²) in [6, 6.07) is 15.0. The summed E-state index contributed by atoms with van der Waals surface area (Å²) in [4.78, 5) is 30.0. The fourth-order valence-corrected chi connectivity index (χ4v) is 4.03. The fraction of sp³-hybridized carbons (Fsp3) is 0.200. The van der Waals surface area contributed by atoms with Crippen molar-refractivity contribution in [2.24, 2.45) is 7.05 Å². The number of aryl methyl sites for hydroxylation is 1. The molecule has 5 rings (SSSR count).